The third-order valence-electron chi connectivity index (χ3n) is 3.82. The van der Waals surface area contributed by atoms with E-state index < -0.39 is 5.60 Å². The van der Waals surface area contributed by atoms with E-state index in [4.69, 9.17) is 4.74 Å². The van der Waals surface area contributed by atoms with Crippen molar-refractivity contribution in [3.8, 4) is 0 Å². The number of carbonyl (C=O) groups is 1. The summed E-state index contributed by atoms with van der Waals surface area (Å²) in [6.45, 7) is 9.73. The Labute approximate surface area is 127 Å². The molecule has 0 spiro atoms. The van der Waals surface area contributed by atoms with Crippen molar-refractivity contribution in [3.63, 3.8) is 0 Å². The second-order valence-corrected chi connectivity index (χ2v) is 6.74. The van der Waals surface area contributed by atoms with Gasteiger partial charge in [0.1, 0.15) is 5.60 Å². The molecule has 1 aromatic rings. The van der Waals surface area contributed by atoms with E-state index in [9.17, 15) is 4.79 Å². The predicted molar refractivity (Wildman–Crippen MR) is 84.1 cm³/mol. The Morgan fingerprint density at radius 2 is 2.00 bits per heavy atom. The Bertz CT molecular complexity index is 467. The molecule has 0 radical (unpaired) electrons. The highest BCUT2D eigenvalue weighted by Crippen LogP contribution is 2.21. The number of likely N-dealkylation sites (tertiary alicyclic amines) is 1. The summed E-state index contributed by atoms with van der Waals surface area (Å²) in [7, 11) is 0. The van der Waals surface area contributed by atoms with Crippen LogP contribution in [0.1, 0.15) is 39.7 Å². The summed E-state index contributed by atoms with van der Waals surface area (Å²) < 4.78 is 5.33. The largest absolute Gasteiger partial charge is 0.444 e. The first kappa shape index (κ1) is 15.8. The zero-order valence-corrected chi connectivity index (χ0v) is 13.4. The van der Waals surface area contributed by atoms with Crippen LogP contribution in [0.15, 0.2) is 30.3 Å². The normalized spacial score (nSPS) is 23.0. The number of alkyl carbamates (subject to hydrolysis) is 1. The lowest BCUT2D eigenvalue weighted by Gasteiger charge is -2.26. The standard InChI is InChI=1S/C17H26N2O2/c1-13-15(18-16(20)21-17(2,3)4)10-11-19(13)12-14-8-6-5-7-9-14/h5-9,13,15H,10-12H2,1-4H3,(H,18,20)/t13-,15-/m1/s1. The molecule has 1 N–H and O–H groups in total. The molecule has 0 saturated carbocycles. The molecular formula is C17H26N2O2. The van der Waals surface area contributed by atoms with Gasteiger partial charge in [0.25, 0.3) is 0 Å². The van der Waals surface area contributed by atoms with E-state index in [-0.39, 0.29) is 12.1 Å². The fraction of sp³-hybridized carbons (Fsp3) is 0.588. The Balaban J connectivity index is 1.87. The maximum atomic E-state index is 11.9. The Kier molecular flexibility index (Phi) is 4.88. The smallest absolute Gasteiger partial charge is 0.407 e. The first-order valence-corrected chi connectivity index (χ1v) is 7.62. The van der Waals surface area contributed by atoms with Gasteiger partial charge in [0.15, 0.2) is 0 Å². The quantitative estimate of drug-likeness (QED) is 0.929. The first-order chi connectivity index (χ1) is 9.85. The maximum absolute atomic E-state index is 11.9. The van der Waals surface area contributed by atoms with E-state index in [1.54, 1.807) is 0 Å². The summed E-state index contributed by atoms with van der Waals surface area (Å²) >= 11 is 0. The van der Waals surface area contributed by atoms with Crippen molar-refractivity contribution in [2.24, 2.45) is 0 Å². The molecule has 4 heteroatoms. The van der Waals surface area contributed by atoms with Crippen LogP contribution in [-0.2, 0) is 11.3 Å². The summed E-state index contributed by atoms with van der Waals surface area (Å²) in [6.07, 6.45) is 0.647. The molecule has 1 saturated heterocycles. The molecule has 4 nitrogen and oxygen atoms in total. The fourth-order valence-electron chi connectivity index (χ4n) is 2.70. The van der Waals surface area contributed by atoms with Crippen LogP contribution >= 0.6 is 0 Å². The molecule has 116 valence electrons. The van der Waals surface area contributed by atoms with Crippen molar-refractivity contribution in [3.05, 3.63) is 35.9 Å². The summed E-state index contributed by atoms with van der Waals surface area (Å²) in [6, 6.07) is 10.9. The molecule has 0 aliphatic carbocycles. The minimum Gasteiger partial charge on any atom is -0.444 e. The van der Waals surface area contributed by atoms with Crippen molar-refractivity contribution in [2.45, 2.75) is 58.3 Å². The number of amides is 1. The van der Waals surface area contributed by atoms with E-state index >= 15 is 0 Å². The number of hydrogen-bond acceptors (Lipinski definition) is 3. The summed E-state index contributed by atoms with van der Waals surface area (Å²) in [4.78, 5) is 14.3. The third kappa shape index (κ3) is 4.74. The number of hydrogen-bond donors (Lipinski definition) is 1. The molecule has 2 atom stereocenters. The zero-order chi connectivity index (χ0) is 15.5. The van der Waals surface area contributed by atoms with Crippen LogP contribution in [0.25, 0.3) is 0 Å². The van der Waals surface area contributed by atoms with Gasteiger partial charge in [-0.05, 0) is 39.7 Å². The van der Waals surface area contributed by atoms with Crippen LogP contribution in [0.4, 0.5) is 4.79 Å². The number of rotatable bonds is 3. The molecule has 1 amide bonds. The van der Waals surface area contributed by atoms with E-state index in [1.165, 1.54) is 5.56 Å². The second-order valence-electron chi connectivity index (χ2n) is 6.74. The lowest BCUT2D eigenvalue weighted by Crippen LogP contribution is -2.45. The van der Waals surface area contributed by atoms with Gasteiger partial charge in [-0.3, -0.25) is 4.90 Å². The fourth-order valence-corrected chi connectivity index (χ4v) is 2.70. The molecule has 1 heterocycles. The number of ether oxygens (including phenoxy) is 1. The van der Waals surface area contributed by atoms with Gasteiger partial charge in [-0.2, -0.15) is 0 Å². The molecule has 1 aliphatic heterocycles. The van der Waals surface area contributed by atoms with Gasteiger partial charge in [-0.15, -0.1) is 0 Å². The molecule has 2 rings (SSSR count). The number of benzene rings is 1. The monoisotopic (exact) mass is 290 g/mol. The van der Waals surface area contributed by atoms with Gasteiger partial charge in [-0.25, -0.2) is 4.79 Å². The maximum Gasteiger partial charge on any atom is 0.407 e. The van der Waals surface area contributed by atoms with Crippen LogP contribution in [0, 0.1) is 0 Å². The lowest BCUT2D eigenvalue weighted by molar-refractivity contribution is 0.0493. The van der Waals surface area contributed by atoms with Gasteiger partial charge in [0, 0.05) is 25.2 Å². The van der Waals surface area contributed by atoms with Gasteiger partial charge in [0.2, 0.25) is 0 Å². The summed E-state index contributed by atoms with van der Waals surface area (Å²) in [5.74, 6) is 0. The predicted octanol–water partition coefficient (Wildman–Crippen LogP) is 3.17. The van der Waals surface area contributed by atoms with Gasteiger partial charge in [0.05, 0.1) is 0 Å². The van der Waals surface area contributed by atoms with Crippen molar-refractivity contribution in [2.75, 3.05) is 6.54 Å². The average molecular weight is 290 g/mol. The Morgan fingerprint density at radius 1 is 1.33 bits per heavy atom. The van der Waals surface area contributed by atoms with Crippen molar-refractivity contribution < 1.29 is 9.53 Å². The molecule has 1 aliphatic rings. The Morgan fingerprint density at radius 3 is 2.62 bits per heavy atom. The van der Waals surface area contributed by atoms with E-state index in [2.05, 4.69) is 41.4 Å². The topological polar surface area (TPSA) is 41.6 Å². The average Bonchev–Trinajstić information content (AvgIpc) is 2.70. The highest BCUT2D eigenvalue weighted by Gasteiger charge is 2.32. The van der Waals surface area contributed by atoms with Gasteiger partial charge < -0.3 is 10.1 Å². The first-order valence-electron chi connectivity index (χ1n) is 7.62. The molecule has 1 fully saturated rings. The highest BCUT2D eigenvalue weighted by molar-refractivity contribution is 5.68. The highest BCUT2D eigenvalue weighted by atomic mass is 16.6. The van der Waals surface area contributed by atoms with Crippen LogP contribution in [0.3, 0.4) is 0 Å². The third-order valence-corrected chi connectivity index (χ3v) is 3.82. The molecule has 0 unspecified atom stereocenters. The van der Waals surface area contributed by atoms with Crippen LogP contribution in [0.2, 0.25) is 0 Å². The van der Waals surface area contributed by atoms with Crippen LogP contribution < -0.4 is 5.32 Å². The minimum absolute atomic E-state index is 0.156. The SMILES string of the molecule is C[C@@H]1[C@H](NC(=O)OC(C)(C)C)CCN1Cc1ccccc1. The van der Waals surface area contributed by atoms with Crippen molar-refractivity contribution in [1.82, 2.24) is 10.2 Å². The van der Waals surface area contributed by atoms with E-state index in [1.807, 2.05) is 26.8 Å². The van der Waals surface area contributed by atoms with Gasteiger partial charge >= 0.3 is 6.09 Å². The lowest BCUT2D eigenvalue weighted by atomic mass is 10.1. The van der Waals surface area contributed by atoms with Crippen LogP contribution in [0.5, 0.6) is 0 Å². The number of carbonyl (C=O) groups excluding carboxylic acids is 1. The summed E-state index contributed by atoms with van der Waals surface area (Å²) in [5, 5.41) is 3.00. The van der Waals surface area contributed by atoms with E-state index in [0.717, 1.165) is 19.5 Å². The molecular weight excluding hydrogens is 264 g/mol. The van der Waals surface area contributed by atoms with Crippen molar-refractivity contribution in [1.29, 1.82) is 0 Å². The number of nitrogens with one attached hydrogen (secondary N) is 1. The molecule has 0 aromatic heterocycles. The number of nitrogens with zero attached hydrogens (tertiary/aromatic N) is 1. The zero-order valence-electron chi connectivity index (χ0n) is 13.4. The molecule has 1 aromatic carbocycles. The van der Waals surface area contributed by atoms with Gasteiger partial charge in [-0.1, -0.05) is 30.3 Å². The minimum atomic E-state index is -0.449. The molecule has 21 heavy (non-hydrogen) atoms. The van der Waals surface area contributed by atoms with Crippen molar-refractivity contribution >= 4 is 6.09 Å². The Hall–Kier alpha value is -1.55. The molecule has 0 bridgehead atoms. The van der Waals surface area contributed by atoms with E-state index in [0.29, 0.717) is 6.04 Å². The van der Waals surface area contributed by atoms with Crippen LogP contribution in [-0.4, -0.2) is 35.2 Å². The summed E-state index contributed by atoms with van der Waals surface area (Å²) in [5.41, 5.74) is 0.859. The second kappa shape index (κ2) is 6.48.